The molecule has 0 saturated heterocycles. The molecule has 2 aromatic rings. The second kappa shape index (κ2) is 5.97. The minimum atomic E-state index is -4.74. The Bertz CT molecular complexity index is 628. The fraction of sp³-hybridized carbons (Fsp3) is 0.154. The van der Waals surface area contributed by atoms with Crippen LogP contribution in [-0.4, -0.2) is 4.98 Å². The van der Waals surface area contributed by atoms with E-state index in [0.29, 0.717) is 11.6 Å². The SMILES string of the molecule is NNC(c1ccc(Cl)nc1)c1ccc(C(F)(F)F)c(F)c1. The topological polar surface area (TPSA) is 50.9 Å². The lowest BCUT2D eigenvalue weighted by molar-refractivity contribution is -0.140. The number of hydrogen-bond acceptors (Lipinski definition) is 3. The number of aromatic nitrogens is 1. The van der Waals surface area contributed by atoms with E-state index in [0.717, 1.165) is 12.1 Å². The Balaban J connectivity index is 2.40. The molecule has 1 atom stereocenters. The molecule has 2 rings (SSSR count). The van der Waals surface area contributed by atoms with Crippen molar-refractivity contribution in [1.29, 1.82) is 0 Å². The number of hydrazine groups is 1. The van der Waals surface area contributed by atoms with Crippen LogP contribution < -0.4 is 11.3 Å². The molecule has 0 fully saturated rings. The molecule has 0 aliphatic carbocycles. The molecule has 0 saturated carbocycles. The van der Waals surface area contributed by atoms with E-state index < -0.39 is 23.6 Å². The molecule has 1 aromatic heterocycles. The van der Waals surface area contributed by atoms with Gasteiger partial charge in [0.2, 0.25) is 0 Å². The van der Waals surface area contributed by atoms with Gasteiger partial charge in [-0.05, 0) is 29.3 Å². The fourth-order valence-corrected chi connectivity index (χ4v) is 2.00. The summed E-state index contributed by atoms with van der Waals surface area (Å²) in [5.74, 6) is 4.03. The molecule has 3 nitrogen and oxygen atoms in total. The number of nitrogens with one attached hydrogen (secondary N) is 1. The molecule has 1 unspecified atom stereocenters. The molecule has 0 spiro atoms. The van der Waals surface area contributed by atoms with Crippen molar-refractivity contribution in [3.8, 4) is 0 Å². The Morgan fingerprint density at radius 3 is 2.29 bits per heavy atom. The molecular weight excluding hydrogens is 310 g/mol. The summed E-state index contributed by atoms with van der Waals surface area (Å²) in [5.41, 5.74) is 1.87. The lowest BCUT2D eigenvalue weighted by Gasteiger charge is -2.18. The predicted octanol–water partition coefficient (Wildman–Crippen LogP) is 3.45. The van der Waals surface area contributed by atoms with Crippen molar-refractivity contribution in [3.05, 3.63) is 64.2 Å². The standard InChI is InChI=1S/C13H10ClF4N3/c14-11-4-2-8(6-20-11)12(21-19)7-1-3-9(10(15)5-7)13(16,17)18/h1-6,12,21H,19H2. The van der Waals surface area contributed by atoms with Crippen LogP contribution in [0.25, 0.3) is 0 Å². The summed E-state index contributed by atoms with van der Waals surface area (Å²) in [7, 11) is 0. The molecule has 8 heteroatoms. The van der Waals surface area contributed by atoms with Crippen molar-refractivity contribution in [2.75, 3.05) is 0 Å². The number of benzene rings is 1. The van der Waals surface area contributed by atoms with Gasteiger partial charge in [0.15, 0.2) is 0 Å². The molecule has 1 heterocycles. The number of halogens is 5. The smallest absolute Gasteiger partial charge is 0.271 e. The van der Waals surface area contributed by atoms with Crippen molar-refractivity contribution in [3.63, 3.8) is 0 Å². The maximum Gasteiger partial charge on any atom is 0.419 e. The van der Waals surface area contributed by atoms with Crippen LogP contribution in [0, 0.1) is 5.82 Å². The molecule has 21 heavy (non-hydrogen) atoms. The van der Waals surface area contributed by atoms with E-state index in [1.165, 1.54) is 12.3 Å². The first-order chi connectivity index (χ1) is 9.82. The lowest BCUT2D eigenvalue weighted by Crippen LogP contribution is -2.29. The number of nitrogens with zero attached hydrogens (tertiary/aromatic N) is 1. The molecule has 0 aliphatic rings. The first-order valence-electron chi connectivity index (χ1n) is 5.77. The monoisotopic (exact) mass is 319 g/mol. The Morgan fingerprint density at radius 2 is 1.81 bits per heavy atom. The van der Waals surface area contributed by atoms with Gasteiger partial charge < -0.3 is 0 Å². The van der Waals surface area contributed by atoms with E-state index in [1.807, 2.05) is 0 Å². The molecule has 0 radical (unpaired) electrons. The summed E-state index contributed by atoms with van der Waals surface area (Å²) in [6, 6.07) is 5.02. The maximum absolute atomic E-state index is 13.6. The predicted molar refractivity (Wildman–Crippen MR) is 69.8 cm³/mol. The zero-order valence-corrected chi connectivity index (χ0v) is 11.2. The van der Waals surface area contributed by atoms with Gasteiger partial charge in [0.25, 0.3) is 0 Å². The number of pyridine rings is 1. The van der Waals surface area contributed by atoms with E-state index in [-0.39, 0.29) is 10.7 Å². The molecular formula is C13H10ClF4N3. The van der Waals surface area contributed by atoms with Crippen molar-refractivity contribution in [2.45, 2.75) is 12.2 Å². The zero-order chi connectivity index (χ0) is 15.6. The van der Waals surface area contributed by atoms with E-state index in [1.54, 1.807) is 6.07 Å². The summed E-state index contributed by atoms with van der Waals surface area (Å²) < 4.78 is 51.2. The van der Waals surface area contributed by atoms with Crippen molar-refractivity contribution in [1.82, 2.24) is 10.4 Å². The van der Waals surface area contributed by atoms with Gasteiger partial charge in [-0.15, -0.1) is 0 Å². The maximum atomic E-state index is 13.6. The van der Waals surface area contributed by atoms with E-state index >= 15 is 0 Å². The van der Waals surface area contributed by atoms with Gasteiger partial charge in [0.1, 0.15) is 11.0 Å². The van der Waals surface area contributed by atoms with Crippen LogP contribution >= 0.6 is 11.6 Å². The Morgan fingerprint density at radius 1 is 1.14 bits per heavy atom. The van der Waals surface area contributed by atoms with E-state index in [4.69, 9.17) is 17.4 Å². The third-order valence-electron chi connectivity index (χ3n) is 2.88. The Labute approximate surface area is 122 Å². The summed E-state index contributed by atoms with van der Waals surface area (Å²) in [4.78, 5) is 3.85. The van der Waals surface area contributed by atoms with Crippen LogP contribution in [0.15, 0.2) is 36.5 Å². The molecule has 0 bridgehead atoms. The summed E-state index contributed by atoms with van der Waals surface area (Å²) in [5, 5.41) is 0.258. The number of hydrogen-bond donors (Lipinski definition) is 2. The molecule has 0 amide bonds. The van der Waals surface area contributed by atoms with Crippen LogP contribution in [0.4, 0.5) is 17.6 Å². The molecule has 1 aromatic carbocycles. The summed E-state index contributed by atoms with van der Waals surface area (Å²) in [6.45, 7) is 0. The van der Waals surface area contributed by atoms with Crippen molar-refractivity contribution >= 4 is 11.6 Å². The third kappa shape index (κ3) is 3.49. The second-order valence-corrected chi connectivity index (χ2v) is 4.64. The highest BCUT2D eigenvalue weighted by molar-refractivity contribution is 6.29. The van der Waals surface area contributed by atoms with Gasteiger partial charge in [-0.25, -0.2) is 14.8 Å². The van der Waals surface area contributed by atoms with Crippen molar-refractivity contribution < 1.29 is 17.6 Å². The van der Waals surface area contributed by atoms with Gasteiger partial charge in [-0.2, -0.15) is 13.2 Å². The van der Waals surface area contributed by atoms with E-state index in [2.05, 4.69) is 10.4 Å². The molecule has 0 aliphatic heterocycles. The molecule has 112 valence electrons. The van der Waals surface area contributed by atoms with Crippen LogP contribution in [0.2, 0.25) is 5.15 Å². The first-order valence-corrected chi connectivity index (χ1v) is 6.15. The minimum absolute atomic E-state index is 0.243. The van der Waals surface area contributed by atoms with Crippen LogP contribution in [0.1, 0.15) is 22.7 Å². The Kier molecular flexibility index (Phi) is 4.46. The van der Waals surface area contributed by atoms with Gasteiger partial charge >= 0.3 is 6.18 Å². The molecule has 3 N–H and O–H groups in total. The minimum Gasteiger partial charge on any atom is -0.271 e. The van der Waals surface area contributed by atoms with Crippen LogP contribution in [-0.2, 0) is 6.18 Å². The van der Waals surface area contributed by atoms with Gasteiger partial charge in [0, 0.05) is 6.20 Å². The summed E-state index contributed by atoms with van der Waals surface area (Å²) >= 11 is 5.65. The van der Waals surface area contributed by atoms with Crippen LogP contribution in [0.5, 0.6) is 0 Å². The average molecular weight is 320 g/mol. The highest BCUT2D eigenvalue weighted by Crippen LogP contribution is 2.33. The third-order valence-corrected chi connectivity index (χ3v) is 3.11. The van der Waals surface area contributed by atoms with Gasteiger partial charge in [-0.1, -0.05) is 23.7 Å². The van der Waals surface area contributed by atoms with Gasteiger partial charge in [0.05, 0.1) is 11.6 Å². The highest BCUT2D eigenvalue weighted by Gasteiger charge is 2.34. The second-order valence-electron chi connectivity index (χ2n) is 4.25. The van der Waals surface area contributed by atoms with Crippen molar-refractivity contribution in [2.24, 2.45) is 5.84 Å². The number of rotatable bonds is 3. The summed E-state index contributed by atoms with van der Waals surface area (Å²) in [6.07, 6.45) is -3.33. The number of alkyl halides is 3. The lowest BCUT2D eigenvalue weighted by atomic mass is 9.99. The fourth-order valence-electron chi connectivity index (χ4n) is 1.88. The highest BCUT2D eigenvalue weighted by atomic mass is 35.5. The Hall–Kier alpha value is -1.70. The number of nitrogens with two attached hydrogens (primary N) is 1. The average Bonchev–Trinajstić information content (AvgIpc) is 2.40. The van der Waals surface area contributed by atoms with Gasteiger partial charge in [-0.3, -0.25) is 5.84 Å². The largest absolute Gasteiger partial charge is 0.419 e. The van der Waals surface area contributed by atoms with Crippen LogP contribution in [0.3, 0.4) is 0 Å². The first kappa shape index (κ1) is 15.7. The normalized spacial score (nSPS) is 13.2. The quantitative estimate of drug-likeness (QED) is 0.394. The van der Waals surface area contributed by atoms with E-state index in [9.17, 15) is 17.6 Å². The zero-order valence-electron chi connectivity index (χ0n) is 10.5.